The summed E-state index contributed by atoms with van der Waals surface area (Å²) < 4.78 is 0. The van der Waals surface area contributed by atoms with Crippen molar-refractivity contribution in [1.82, 2.24) is 0 Å². The number of amides is 2. The smallest absolute Gasteiger partial charge is 0.254 e. The summed E-state index contributed by atoms with van der Waals surface area (Å²) in [5, 5.41) is 17.7. The molecule has 1 aromatic carbocycles. The summed E-state index contributed by atoms with van der Waals surface area (Å²) in [4.78, 5) is 25.6. The van der Waals surface area contributed by atoms with Crippen molar-refractivity contribution in [3.63, 3.8) is 0 Å². The zero-order valence-electron chi connectivity index (χ0n) is 9.04. The average molecular weight is 236 g/mol. The van der Waals surface area contributed by atoms with Crippen molar-refractivity contribution < 1.29 is 19.8 Å². The first-order chi connectivity index (χ1) is 8.19. The SMILES string of the molecule is O=C(CO)N1CN(C(=O)CO)c2ccccc21. The Kier molecular flexibility index (Phi) is 3.08. The number of hydrogen-bond acceptors (Lipinski definition) is 4. The van der Waals surface area contributed by atoms with Crippen molar-refractivity contribution >= 4 is 23.2 Å². The third-order valence-corrected chi connectivity index (χ3v) is 2.62. The summed E-state index contributed by atoms with van der Waals surface area (Å²) in [7, 11) is 0. The topological polar surface area (TPSA) is 81.1 Å². The molecule has 6 nitrogen and oxygen atoms in total. The second kappa shape index (κ2) is 4.52. The van der Waals surface area contributed by atoms with Crippen LogP contribution < -0.4 is 9.80 Å². The largest absolute Gasteiger partial charge is 0.387 e. The predicted molar refractivity (Wildman–Crippen MR) is 60.5 cm³/mol. The monoisotopic (exact) mass is 236 g/mol. The second-order valence-corrected chi connectivity index (χ2v) is 3.59. The third kappa shape index (κ3) is 1.88. The van der Waals surface area contributed by atoms with Crippen molar-refractivity contribution in [2.75, 3.05) is 29.7 Å². The Morgan fingerprint density at radius 3 is 1.76 bits per heavy atom. The van der Waals surface area contributed by atoms with E-state index >= 15 is 0 Å². The number of benzene rings is 1. The van der Waals surface area contributed by atoms with Crippen LogP contribution in [0.4, 0.5) is 11.4 Å². The first-order valence-corrected chi connectivity index (χ1v) is 5.10. The number of carbonyl (C=O) groups is 2. The van der Waals surface area contributed by atoms with Crippen molar-refractivity contribution in [3.05, 3.63) is 24.3 Å². The van der Waals surface area contributed by atoms with Crippen LogP contribution in [0.2, 0.25) is 0 Å². The summed E-state index contributed by atoms with van der Waals surface area (Å²) in [6.07, 6.45) is 0. The highest BCUT2D eigenvalue weighted by Crippen LogP contribution is 2.35. The van der Waals surface area contributed by atoms with E-state index in [1.54, 1.807) is 24.3 Å². The first-order valence-electron chi connectivity index (χ1n) is 5.10. The molecular formula is C11H12N2O4. The molecule has 0 fully saturated rings. The van der Waals surface area contributed by atoms with Gasteiger partial charge in [-0.3, -0.25) is 19.4 Å². The highest BCUT2D eigenvalue weighted by molar-refractivity contribution is 6.07. The molecule has 0 spiro atoms. The maximum Gasteiger partial charge on any atom is 0.254 e. The van der Waals surface area contributed by atoms with Crippen molar-refractivity contribution in [2.24, 2.45) is 0 Å². The van der Waals surface area contributed by atoms with Crippen LogP contribution in [0.15, 0.2) is 24.3 Å². The lowest BCUT2D eigenvalue weighted by molar-refractivity contribution is -0.121. The molecule has 1 aliphatic heterocycles. The minimum absolute atomic E-state index is 0.0259. The summed E-state index contributed by atoms with van der Waals surface area (Å²) >= 11 is 0. The Hall–Kier alpha value is -1.92. The van der Waals surface area contributed by atoms with Gasteiger partial charge < -0.3 is 10.2 Å². The van der Waals surface area contributed by atoms with Gasteiger partial charge in [0.1, 0.15) is 19.9 Å². The molecule has 0 radical (unpaired) electrons. The molecule has 0 saturated carbocycles. The lowest BCUT2D eigenvalue weighted by Crippen LogP contribution is -2.40. The highest BCUT2D eigenvalue weighted by Gasteiger charge is 2.32. The van der Waals surface area contributed by atoms with E-state index in [-0.39, 0.29) is 6.67 Å². The van der Waals surface area contributed by atoms with E-state index in [0.29, 0.717) is 11.4 Å². The van der Waals surface area contributed by atoms with Crippen LogP contribution in [0.3, 0.4) is 0 Å². The van der Waals surface area contributed by atoms with Gasteiger partial charge in [0.25, 0.3) is 11.8 Å². The summed E-state index contributed by atoms with van der Waals surface area (Å²) in [6, 6.07) is 6.86. The van der Waals surface area contributed by atoms with Crippen molar-refractivity contribution in [2.45, 2.75) is 0 Å². The maximum absolute atomic E-state index is 11.5. The zero-order chi connectivity index (χ0) is 12.4. The van der Waals surface area contributed by atoms with Gasteiger partial charge in [-0.25, -0.2) is 0 Å². The Balaban J connectivity index is 2.39. The van der Waals surface area contributed by atoms with Gasteiger partial charge in [0.2, 0.25) is 0 Å². The molecule has 0 aromatic heterocycles. The highest BCUT2D eigenvalue weighted by atomic mass is 16.3. The Labute approximate surface area is 97.7 Å². The van der Waals surface area contributed by atoms with E-state index in [9.17, 15) is 9.59 Å². The van der Waals surface area contributed by atoms with E-state index in [1.165, 1.54) is 9.80 Å². The number of nitrogens with zero attached hydrogens (tertiary/aromatic N) is 2. The lowest BCUT2D eigenvalue weighted by Gasteiger charge is -2.17. The van der Waals surface area contributed by atoms with E-state index in [1.807, 2.05) is 0 Å². The number of hydrogen-bond donors (Lipinski definition) is 2. The lowest BCUT2D eigenvalue weighted by atomic mass is 10.2. The zero-order valence-corrected chi connectivity index (χ0v) is 9.04. The molecule has 17 heavy (non-hydrogen) atoms. The van der Waals surface area contributed by atoms with Crippen molar-refractivity contribution in [1.29, 1.82) is 0 Å². The molecule has 1 heterocycles. The molecule has 0 bridgehead atoms. The van der Waals surface area contributed by atoms with E-state index < -0.39 is 25.0 Å². The third-order valence-electron chi connectivity index (χ3n) is 2.62. The Morgan fingerprint density at radius 1 is 1.00 bits per heavy atom. The molecular weight excluding hydrogens is 224 g/mol. The molecule has 2 N–H and O–H groups in total. The van der Waals surface area contributed by atoms with Crippen LogP contribution in [0.5, 0.6) is 0 Å². The number of para-hydroxylation sites is 2. The summed E-state index contributed by atoms with van der Waals surface area (Å²) in [5.41, 5.74) is 1.13. The fourth-order valence-corrected chi connectivity index (χ4v) is 1.81. The molecule has 0 aliphatic carbocycles. The molecule has 1 aliphatic rings. The van der Waals surface area contributed by atoms with Gasteiger partial charge in [0, 0.05) is 0 Å². The molecule has 1 aromatic rings. The average Bonchev–Trinajstić information content (AvgIpc) is 2.76. The van der Waals surface area contributed by atoms with Crippen LogP contribution in [-0.4, -0.2) is 41.9 Å². The molecule has 0 atom stereocenters. The van der Waals surface area contributed by atoms with Crippen LogP contribution in [0.1, 0.15) is 0 Å². The summed E-state index contributed by atoms with van der Waals surface area (Å²) in [6.45, 7) is -1.21. The number of fused-ring (bicyclic) bond motifs is 1. The Morgan fingerprint density at radius 2 is 1.41 bits per heavy atom. The molecule has 2 amide bonds. The van der Waals surface area contributed by atoms with Crippen LogP contribution in [0.25, 0.3) is 0 Å². The summed E-state index contributed by atoms with van der Waals surface area (Å²) in [5.74, 6) is -0.962. The molecule has 90 valence electrons. The second-order valence-electron chi connectivity index (χ2n) is 3.59. The van der Waals surface area contributed by atoms with Crippen LogP contribution in [0, 0.1) is 0 Å². The first kappa shape index (κ1) is 11.6. The molecule has 0 unspecified atom stereocenters. The van der Waals surface area contributed by atoms with E-state index in [4.69, 9.17) is 10.2 Å². The van der Waals surface area contributed by atoms with Gasteiger partial charge in [-0.15, -0.1) is 0 Å². The Bertz CT molecular complexity index is 420. The van der Waals surface area contributed by atoms with Gasteiger partial charge in [-0.1, -0.05) is 12.1 Å². The molecule has 2 rings (SSSR count). The minimum Gasteiger partial charge on any atom is -0.387 e. The van der Waals surface area contributed by atoms with Crippen molar-refractivity contribution in [3.8, 4) is 0 Å². The van der Waals surface area contributed by atoms with Gasteiger partial charge >= 0.3 is 0 Å². The van der Waals surface area contributed by atoms with E-state index in [0.717, 1.165) is 0 Å². The standard InChI is InChI=1S/C11H12N2O4/c14-5-10(16)12-7-13(11(17)6-15)9-4-2-1-3-8(9)12/h1-4,14-15H,5-7H2. The minimum atomic E-state index is -0.616. The number of rotatable bonds is 2. The maximum atomic E-state index is 11.5. The molecule has 6 heteroatoms. The van der Waals surface area contributed by atoms with Gasteiger partial charge in [-0.05, 0) is 12.1 Å². The quantitative estimate of drug-likeness (QED) is 0.712. The van der Waals surface area contributed by atoms with Gasteiger partial charge in [0.15, 0.2) is 0 Å². The van der Waals surface area contributed by atoms with Gasteiger partial charge in [-0.2, -0.15) is 0 Å². The van der Waals surface area contributed by atoms with Crippen LogP contribution in [-0.2, 0) is 9.59 Å². The fourth-order valence-electron chi connectivity index (χ4n) is 1.81. The normalized spacial score (nSPS) is 13.8. The number of carbonyl (C=O) groups excluding carboxylic acids is 2. The molecule has 0 saturated heterocycles. The number of aliphatic hydroxyl groups is 2. The number of anilines is 2. The van der Waals surface area contributed by atoms with E-state index in [2.05, 4.69) is 0 Å². The van der Waals surface area contributed by atoms with Gasteiger partial charge in [0.05, 0.1) is 11.4 Å². The predicted octanol–water partition coefficient (Wildman–Crippen LogP) is -0.692. The number of aliphatic hydroxyl groups excluding tert-OH is 2. The van der Waals surface area contributed by atoms with Crippen LogP contribution >= 0.6 is 0 Å². The fraction of sp³-hybridized carbons (Fsp3) is 0.273.